The van der Waals surface area contributed by atoms with E-state index in [2.05, 4.69) is 5.32 Å². The number of hydrogen-bond donors (Lipinski definition) is 2. The monoisotopic (exact) mass is 571 g/mol. The SMILES string of the molecule is CCC(N)CC(=O)N1CCN([C@H](Cc2ccc3ccccc3c2)C(=O)N(C)[C@H](Cc2ccccc2)C(=O)NC)C(=O)C1. The number of carbonyl (C=O) groups is 4. The lowest BCUT2D eigenvalue weighted by Gasteiger charge is -2.41. The summed E-state index contributed by atoms with van der Waals surface area (Å²) in [5.41, 5.74) is 7.81. The van der Waals surface area contributed by atoms with Crippen molar-refractivity contribution in [2.24, 2.45) is 5.73 Å². The van der Waals surface area contributed by atoms with Crippen LogP contribution < -0.4 is 11.1 Å². The van der Waals surface area contributed by atoms with Gasteiger partial charge in [0.2, 0.25) is 23.6 Å². The molecule has 9 heteroatoms. The van der Waals surface area contributed by atoms with Crippen molar-refractivity contribution in [3.05, 3.63) is 83.9 Å². The number of benzene rings is 3. The van der Waals surface area contributed by atoms with E-state index in [1.807, 2.05) is 79.7 Å². The molecule has 3 aromatic carbocycles. The Bertz CT molecular complexity index is 1410. The van der Waals surface area contributed by atoms with Crippen LogP contribution in [0.1, 0.15) is 30.9 Å². The van der Waals surface area contributed by atoms with E-state index in [-0.39, 0.29) is 55.6 Å². The van der Waals surface area contributed by atoms with Crippen LogP contribution in [-0.2, 0) is 32.0 Å². The zero-order chi connectivity index (χ0) is 30.2. The van der Waals surface area contributed by atoms with E-state index in [4.69, 9.17) is 5.73 Å². The Morgan fingerprint density at radius 3 is 2.29 bits per heavy atom. The normalized spacial score (nSPS) is 15.7. The van der Waals surface area contributed by atoms with Gasteiger partial charge in [-0.15, -0.1) is 0 Å². The van der Waals surface area contributed by atoms with Crippen LogP contribution in [-0.4, -0.2) is 90.2 Å². The van der Waals surface area contributed by atoms with Crippen LogP contribution in [0.15, 0.2) is 72.8 Å². The average Bonchev–Trinajstić information content (AvgIpc) is 3.01. The summed E-state index contributed by atoms with van der Waals surface area (Å²) in [6.45, 7) is 2.34. The Morgan fingerprint density at radius 1 is 0.929 bits per heavy atom. The highest BCUT2D eigenvalue weighted by atomic mass is 16.2. The number of nitrogens with one attached hydrogen (secondary N) is 1. The van der Waals surface area contributed by atoms with Gasteiger partial charge >= 0.3 is 0 Å². The van der Waals surface area contributed by atoms with E-state index in [0.29, 0.717) is 19.4 Å². The van der Waals surface area contributed by atoms with Crippen molar-refractivity contribution >= 4 is 34.4 Å². The molecule has 3 atom stereocenters. The van der Waals surface area contributed by atoms with E-state index < -0.39 is 12.1 Å². The Morgan fingerprint density at radius 2 is 1.62 bits per heavy atom. The highest BCUT2D eigenvalue weighted by Crippen LogP contribution is 2.22. The van der Waals surface area contributed by atoms with Gasteiger partial charge in [-0.2, -0.15) is 0 Å². The molecule has 0 saturated carbocycles. The highest BCUT2D eigenvalue weighted by molar-refractivity contribution is 5.94. The molecule has 3 aromatic rings. The minimum Gasteiger partial charge on any atom is -0.357 e. The van der Waals surface area contributed by atoms with Crippen molar-refractivity contribution in [2.45, 2.75) is 50.7 Å². The lowest BCUT2D eigenvalue weighted by Crippen LogP contribution is -2.61. The molecule has 1 aliphatic rings. The summed E-state index contributed by atoms with van der Waals surface area (Å²) in [5.74, 6) is -1.07. The van der Waals surface area contributed by atoms with Gasteiger partial charge in [0.15, 0.2) is 0 Å². The summed E-state index contributed by atoms with van der Waals surface area (Å²) in [4.78, 5) is 58.2. The summed E-state index contributed by atoms with van der Waals surface area (Å²) in [6.07, 6.45) is 1.46. The fraction of sp³-hybridized carbons (Fsp3) is 0.394. The van der Waals surface area contributed by atoms with Gasteiger partial charge in [0, 0.05) is 52.5 Å². The third-order valence-corrected chi connectivity index (χ3v) is 8.11. The average molecular weight is 572 g/mol. The Labute approximate surface area is 247 Å². The lowest BCUT2D eigenvalue weighted by molar-refractivity contribution is -0.154. The molecule has 0 spiro atoms. The molecular formula is C33H41N5O4. The molecule has 3 N–H and O–H groups in total. The summed E-state index contributed by atoms with van der Waals surface area (Å²) in [5, 5.41) is 4.81. The van der Waals surface area contributed by atoms with Gasteiger partial charge in [-0.25, -0.2) is 0 Å². The van der Waals surface area contributed by atoms with Crippen molar-refractivity contribution in [1.29, 1.82) is 0 Å². The van der Waals surface area contributed by atoms with Crippen molar-refractivity contribution in [3.8, 4) is 0 Å². The summed E-state index contributed by atoms with van der Waals surface area (Å²) >= 11 is 0. The number of amides is 4. The Hall–Kier alpha value is -4.24. The second-order valence-corrected chi connectivity index (χ2v) is 10.9. The zero-order valence-corrected chi connectivity index (χ0v) is 24.7. The van der Waals surface area contributed by atoms with Gasteiger partial charge < -0.3 is 25.8 Å². The molecule has 1 fully saturated rings. The molecule has 222 valence electrons. The van der Waals surface area contributed by atoms with E-state index in [9.17, 15) is 19.2 Å². The summed E-state index contributed by atoms with van der Waals surface area (Å²) in [7, 11) is 3.17. The quantitative estimate of drug-likeness (QED) is 0.367. The Kier molecular flexibility index (Phi) is 10.3. The molecule has 9 nitrogen and oxygen atoms in total. The Balaban J connectivity index is 1.62. The van der Waals surface area contributed by atoms with E-state index in [1.165, 1.54) is 9.80 Å². The molecular weight excluding hydrogens is 530 g/mol. The van der Waals surface area contributed by atoms with Crippen LogP contribution in [0.4, 0.5) is 0 Å². The predicted molar refractivity (Wildman–Crippen MR) is 163 cm³/mol. The predicted octanol–water partition coefficient (Wildman–Crippen LogP) is 2.36. The van der Waals surface area contributed by atoms with Crippen molar-refractivity contribution < 1.29 is 19.2 Å². The van der Waals surface area contributed by atoms with Crippen LogP contribution in [0.2, 0.25) is 0 Å². The van der Waals surface area contributed by atoms with Gasteiger partial charge in [0.1, 0.15) is 12.1 Å². The molecule has 4 rings (SSSR count). The maximum Gasteiger partial charge on any atom is 0.246 e. The number of likely N-dealkylation sites (N-methyl/N-ethyl adjacent to an activating group) is 2. The number of fused-ring (bicyclic) bond motifs is 1. The van der Waals surface area contributed by atoms with Crippen LogP contribution >= 0.6 is 0 Å². The van der Waals surface area contributed by atoms with E-state index >= 15 is 0 Å². The second kappa shape index (κ2) is 14.1. The minimum absolute atomic E-state index is 0.108. The van der Waals surface area contributed by atoms with Crippen molar-refractivity contribution in [1.82, 2.24) is 20.0 Å². The molecule has 4 amide bonds. The molecule has 1 unspecified atom stereocenters. The molecule has 0 radical (unpaired) electrons. The van der Waals surface area contributed by atoms with Crippen molar-refractivity contribution in [3.63, 3.8) is 0 Å². The number of nitrogens with zero attached hydrogens (tertiary/aromatic N) is 3. The number of piperazine rings is 1. The molecule has 0 aromatic heterocycles. The van der Waals surface area contributed by atoms with Gasteiger partial charge in [-0.05, 0) is 28.3 Å². The fourth-order valence-electron chi connectivity index (χ4n) is 5.44. The highest BCUT2D eigenvalue weighted by Gasteiger charge is 2.39. The van der Waals surface area contributed by atoms with Gasteiger partial charge in [0.25, 0.3) is 0 Å². The third kappa shape index (κ3) is 7.33. The molecule has 0 aliphatic carbocycles. The van der Waals surface area contributed by atoms with Crippen LogP contribution in [0.3, 0.4) is 0 Å². The van der Waals surface area contributed by atoms with Crippen LogP contribution in [0.5, 0.6) is 0 Å². The molecule has 1 heterocycles. The number of rotatable bonds is 11. The summed E-state index contributed by atoms with van der Waals surface area (Å²) < 4.78 is 0. The van der Waals surface area contributed by atoms with Crippen LogP contribution in [0, 0.1) is 0 Å². The maximum atomic E-state index is 14.3. The summed E-state index contributed by atoms with van der Waals surface area (Å²) in [6, 6.07) is 21.7. The maximum absolute atomic E-state index is 14.3. The van der Waals surface area contributed by atoms with Gasteiger partial charge in [-0.1, -0.05) is 79.7 Å². The minimum atomic E-state index is -0.846. The van der Waals surface area contributed by atoms with Crippen molar-refractivity contribution in [2.75, 3.05) is 33.7 Å². The first-order chi connectivity index (χ1) is 20.2. The topological polar surface area (TPSA) is 116 Å². The standard InChI is InChI=1S/C33H41N5O4/c1-4-27(34)21-30(39)37-16-17-38(31(40)22-37)29(20-24-14-15-25-12-8-9-13-26(25)18-24)33(42)36(3)28(32(41)35-2)19-23-10-6-5-7-11-23/h5-15,18,27-29H,4,16-17,19-22,34H2,1-3H3,(H,35,41)/t27?,28-,29-/m1/s1. The molecule has 42 heavy (non-hydrogen) atoms. The fourth-order valence-corrected chi connectivity index (χ4v) is 5.44. The zero-order valence-electron chi connectivity index (χ0n) is 24.7. The van der Waals surface area contributed by atoms with Gasteiger partial charge in [0.05, 0.1) is 6.54 Å². The lowest BCUT2D eigenvalue weighted by atomic mass is 9.97. The first-order valence-electron chi connectivity index (χ1n) is 14.5. The number of nitrogens with two attached hydrogens (primary N) is 1. The molecule has 1 aliphatic heterocycles. The van der Waals surface area contributed by atoms with E-state index in [0.717, 1.165) is 21.9 Å². The third-order valence-electron chi connectivity index (χ3n) is 8.11. The first-order valence-corrected chi connectivity index (χ1v) is 14.5. The molecule has 1 saturated heterocycles. The molecule has 0 bridgehead atoms. The first kappa shape index (κ1) is 30.7. The van der Waals surface area contributed by atoms with Gasteiger partial charge in [-0.3, -0.25) is 19.2 Å². The van der Waals surface area contributed by atoms with E-state index in [1.54, 1.807) is 19.0 Å². The second-order valence-electron chi connectivity index (χ2n) is 10.9. The van der Waals surface area contributed by atoms with Crippen LogP contribution in [0.25, 0.3) is 10.8 Å². The largest absolute Gasteiger partial charge is 0.357 e. The number of carbonyl (C=O) groups excluding carboxylic acids is 4. The number of hydrogen-bond acceptors (Lipinski definition) is 5. The smallest absolute Gasteiger partial charge is 0.246 e.